The van der Waals surface area contributed by atoms with Crippen LogP contribution in [0.25, 0.3) is 0 Å². The highest BCUT2D eigenvalue weighted by molar-refractivity contribution is 6.31. The van der Waals surface area contributed by atoms with Crippen molar-refractivity contribution in [1.82, 2.24) is 16.3 Å². The highest BCUT2D eigenvalue weighted by Crippen LogP contribution is 2.25. The molecule has 1 fully saturated rings. The molecule has 0 spiro atoms. The number of carbonyl (C=O) groups is 1. The number of nitrogens with zero attached hydrogens (tertiary/aromatic N) is 2. The van der Waals surface area contributed by atoms with E-state index in [2.05, 4.69) is 26.3 Å². The lowest BCUT2D eigenvalue weighted by Gasteiger charge is -2.22. The van der Waals surface area contributed by atoms with Gasteiger partial charge in [0.15, 0.2) is 0 Å². The molecule has 7 nitrogen and oxygen atoms in total. The fraction of sp³-hybridized carbons (Fsp3) is 0.286. The zero-order valence-electron chi connectivity index (χ0n) is 20.7. The van der Waals surface area contributed by atoms with E-state index in [1.807, 2.05) is 72.8 Å². The van der Waals surface area contributed by atoms with Crippen LogP contribution in [0.15, 0.2) is 77.9 Å². The molecule has 1 saturated heterocycles. The number of hydrazine groups is 1. The molecule has 0 radical (unpaired) electrons. The van der Waals surface area contributed by atoms with Crippen LogP contribution in [0.5, 0.6) is 5.75 Å². The largest absolute Gasteiger partial charge is 0.489 e. The third kappa shape index (κ3) is 7.85. The number of nitrogens with one attached hydrogen (secondary N) is 3. The second kappa shape index (κ2) is 14.4. The van der Waals surface area contributed by atoms with Crippen molar-refractivity contribution in [1.29, 1.82) is 0 Å². The molecule has 2 atom stereocenters. The maximum Gasteiger partial charge on any atom is 0.258 e. The molecule has 0 aromatic heterocycles. The lowest BCUT2D eigenvalue weighted by Crippen LogP contribution is -2.41. The summed E-state index contributed by atoms with van der Waals surface area (Å²) in [5, 5.41) is 4.80. The molecular weight excluding hydrogens is 545 g/mol. The average Bonchev–Trinajstić information content (AvgIpc) is 3.44. The first kappa shape index (κ1) is 28.2. The highest BCUT2D eigenvalue weighted by atomic mass is 35.5. The molecule has 10 heteroatoms. The van der Waals surface area contributed by atoms with Gasteiger partial charge in [-0.05, 0) is 47.9 Å². The first-order valence-corrected chi connectivity index (χ1v) is 13.8. The Kier molecular flexibility index (Phi) is 10.7. The van der Waals surface area contributed by atoms with Gasteiger partial charge in [-0.1, -0.05) is 54.1 Å². The van der Waals surface area contributed by atoms with Crippen LogP contribution in [0.4, 0.5) is 5.69 Å². The molecule has 0 saturated carbocycles. The van der Waals surface area contributed by atoms with Gasteiger partial charge < -0.3 is 9.64 Å². The van der Waals surface area contributed by atoms with Gasteiger partial charge in [-0.15, -0.1) is 23.2 Å². The summed E-state index contributed by atoms with van der Waals surface area (Å²) < 4.78 is 5.86. The minimum absolute atomic E-state index is 0.0104. The minimum atomic E-state index is -0.407. The summed E-state index contributed by atoms with van der Waals surface area (Å²) in [5.41, 5.74) is 12.8. The summed E-state index contributed by atoms with van der Waals surface area (Å²) in [6.07, 6.45) is 2.21. The van der Waals surface area contributed by atoms with Crippen LogP contribution in [0.1, 0.15) is 29.2 Å². The topological polar surface area (TPSA) is 78.0 Å². The number of alkyl halides is 2. The molecule has 38 heavy (non-hydrogen) atoms. The molecule has 0 bridgehead atoms. The van der Waals surface area contributed by atoms with Crippen molar-refractivity contribution in [2.45, 2.75) is 25.1 Å². The van der Waals surface area contributed by atoms with Crippen LogP contribution >= 0.6 is 34.8 Å². The second-order valence-electron chi connectivity index (χ2n) is 8.77. The number of amides is 1. The summed E-state index contributed by atoms with van der Waals surface area (Å²) >= 11 is 18.0. The van der Waals surface area contributed by atoms with Crippen molar-refractivity contribution in [3.63, 3.8) is 0 Å². The van der Waals surface area contributed by atoms with Crippen molar-refractivity contribution in [3.05, 3.63) is 94.5 Å². The Morgan fingerprint density at radius 2 is 1.71 bits per heavy atom. The smallest absolute Gasteiger partial charge is 0.258 e. The van der Waals surface area contributed by atoms with Crippen LogP contribution < -0.4 is 25.9 Å². The van der Waals surface area contributed by atoms with Gasteiger partial charge in [-0.2, -0.15) is 5.10 Å². The molecule has 3 N–H and O–H groups in total. The summed E-state index contributed by atoms with van der Waals surface area (Å²) in [5.74, 6) is 1.60. The van der Waals surface area contributed by atoms with Crippen LogP contribution in [-0.4, -0.2) is 43.0 Å². The summed E-state index contributed by atoms with van der Waals surface area (Å²) in [4.78, 5) is 14.7. The SMILES string of the molecule is O=C(N/N=C/c1ccc(N(CCCl)CCCl)cc1)C1CC(c2ccc(OCc3ccccc3Cl)cc2)NN1. The number of carbonyl (C=O) groups excluding carboxylic acids is 1. The number of hydrogen-bond donors (Lipinski definition) is 3. The average molecular weight is 575 g/mol. The van der Waals surface area contributed by atoms with Crippen LogP contribution in [0.3, 0.4) is 0 Å². The Labute approximate surface area is 238 Å². The van der Waals surface area contributed by atoms with Gasteiger partial charge in [0.1, 0.15) is 18.4 Å². The lowest BCUT2D eigenvalue weighted by atomic mass is 10.0. The van der Waals surface area contributed by atoms with E-state index in [9.17, 15) is 4.79 Å². The number of hydrazone groups is 1. The molecule has 3 aromatic rings. The Morgan fingerprint density at radius 1 is 1.00 bits per heavy atom. The molecule has 1 aliphatic heterocycles. The fourth-order valence-corrected chi connectivity index (χ4v) is 4.71. The Balaban J connectivity index is 1.24. The number of benzene rings is 3. The van der Waals surface area contributed by atoms with E-state index >= 15 is 0 Å². The van der Waals surface area contributed by atoms with Crippen LogP contribution in [0, 0.1) is 0 Å². The van der Waals surface area contributed by atoms with Crippen molar-refractivity contribution < 1.29 is 9.53 Å². The minimum Gasteiger partial charge on any atom is -0.489 e. The molecule has 1 heterocycles. The molecule has 4 rings (SSSR count). The van der Waals surface area contributed by atoms with E-state index in [1.165, 1.54) is 0 Å². The fourth-order valence-electron chi connectivity index (χ4n) is 4.11. The van der Waals surface area contributed by atoms with Gasteiger partial charge in [0.2, 0.25) is 0 Å². The zero-order valence-corrected chi connectivity index (χ0v) is 23.0. The summed E-state index contributed by atoms with van der Waals surface area (Å²) in [6.45, 7) is 1.85. The van der Waals surface area contributed by atoms with Crippen molar-refractivity contribution in [2.75, 3.05) is 29.7 Å². The number of rotatable bonds is 12. The first-order valence-electron chi connectivity index (χ1n) is 12.3. The summed E-state index contributed by atoms with van der Waals surface area (Å²) in [7, 11) is 0. The predicted octanol–water partition coefficient (Wildman–Crippen LogP) is 5.26. The number of halogens is 3. The van der Waals surface area contributed by atoms with Crippen molar-refractivity contribution in [3.8, 4) is 5.75 Å². The van der Waals surface area contributed by atoms with Crippen molar-refractivity contribution in [2.24, 2.45) is 5.10 Å². The normalized spacial score (nSPS) is 17.0. The quantitative estimate of drug-likeness (QED) is 0.156. The molecule has 1 aliphatic rings. The molecular formula is C28H30Cl3N5O2. The Hall–Kier alpha value is -2.81. The summed E-state index contributed by atoms with van der Waals surface area (Å²) in [6, 6.07) is 22.9. The van der Waals surface area contributed by atoms with Gasteiger partial charge in [-0.25, -0.2) is 16.3 Å². The van der Waals surface area contributed by atoms with Gasteiger partial charge in [-0.3, -0.25) is 4.79 Å². The van der Waals surface area contributed by atoms with E-state index < -0.39 is 6.04 Å². The number of anilines is 1. The van der Waals surface area contributed by atoms with Gasteiger partial charge in [0.05, 0.1) is 6.21 Å². The molecule has 1 amide bonds. The third-order valence-corrected chi connectivity index (χ3v) is 6.92. The van der Waals surface area contributed by atoms with Gasteiger partial charge >= 0.3 is 0 Å². The van der Waals surface area contributed by atoms with E-state index in [-0.39, 0.29) is 11.9 Å². The molecule has 200 valence electrons. The maximum atomic E-state index is 12.6. The zero-order chi connectivity index (χ0) is 26.7. The number of hydrogen-bond acceptors (Lipinski definition) is 6. The van der Waals surface area contributed by atoms with E-state index in [4.69, 9.17) is 39.5 Å². The van der Waals surface area contributed by atoms with Crippen molar-refractivity contribution >= 4 is 52.6 Å². The second-order valence-corrected chi connectivity index (χ2v) is 9.93. The van der Waals surface area contributed by atoms with E-state index in [0.29, 0.717) is 29.8 Å². The third-order valence-electron chi connectivity index (χ3n) is 6.21. The number of ether oxygens (including phenoxy) is 1. The van der Waals surface area contributed by atoms with Gasteiger partial charge in [0.25, 0.3) is 5.91 Å². The Morgan fingerprint density at radius 3 is 2.39 bits per heavy atom. The lowest BCUT2D eigenvalue weighted by molar-refractivity contribution is -0.122. The van der Waals surface area contributed by atoms with E-state index in [1.54, 1.807) is 6.21 Å². The van der Waals surface area contributed by atoms with E-state index in [0.717, 1.165) is 41.2 Å². The van der Waals surface area contributed by atoms with Gasteiger partial charge in [0, 0.05) is 47.2 Å². The highest BCUT2D eigenvalue weighted by Gasteiger charge is 2.30. The Bertz CT molecular complexity index is 1200. The molecule has 0 aliphatic carbocycles. The monoisotopic (exact) mass is 573 g/mol. The maximum absolute atomic E-state index is 12.6. The van der Waals surface area contributed by atoms with Crippen LogP contribution in [-0.2, 0) is 11.4 Å². The van der Waals surface area contributed by atoms with Crippen LogP contribution in [0.2, 0.25) is 5.02 Å². The predicted molar refractivity (Wildman–Crippen MR) is 155 cm³/mol. The molecule has 2 unspecified atom stereocenters. The first-order chi connectivity index (χ1) is 18.6. The standard InChI is InChI=1S/C28H30Cl3N5O2/c29-13-15-36(16-14-30)23-9-5-20(6-10-23)18-32-35-28(37)27-17-26(33-34-27)21-7-11-24(12-8-21)38-19-22-3-1-2-4-25(22)31/h1-12,18,26-27,33-34H,13-17,19H2,(H,35,37)/b32-18+. The molecule has 3 aromatic carbocycles.